The number of aryl methyl sites for hydroxylation is 1. The highest BCUT2D eigenvalue weighted by molar-refractivity contribution is 7.89. The number of amides is 3. The van der Waals surface area contributed by atoms with Crippen LogP contribution >= 0.6 is 0 Å². The van der Waals surface area contributed by atoms with E-state index in [1.165, 1.54) is 26.3 Å². The molecule has 0 aromatic carbocycles. The van der Waals surface area contributed by atoms with Crippen molar-refractivity contribution < 1.29 is 18.0 Å². The predicted octanol–water partition coefficient (Wildman–Crippen LogP) is -1.04. The molecule has 3 amide bonds. The number of nitrogens with one attached hydrogen (secondary N) is 1. The number of sulfonamides is 1. The molecule has 2 bridgehead atoms. The van der Waals surface area contributed by atoms with Crippen LogP contribution in [0.5, 0.6) is 0 Å². The fourth-order valence-electron chi connectivity index (χ4n) is 3.00. The van der Waals surface area contributed by atoms with Gasteiger partial charge in [-0.2, -0.15) is 8.42 Å². The minimum absolute atomic E-state index is 0.0677. The summed E-state index contributed by atoms with van der Waals surface area (Å²) in [4.78, 5) is 28.7. The normalized spacial score (nSPS) is 24.1. The molecular formula is C11H11N5O4S. The zero-order valence-corrected chi connectivity index (χ0v) is 11.8. The lowest BCUT2D eigenvalue weighted by atomic mass is 10.3. The standard InChI is InChI=1S/C11H11N5O4S/c1-14-4-8(12-5-14)21(19,20)15-3-6-2-7(15)9-10(17)13-11(18)16(6)9/h4-6H,2-3H2,1H3,(H,13,17,18). The van der Waals surface area contributed by atoms with Gasteiger partial charge in [0.25, 0.3) is 15.9 Å². The molecule has 0 spiro atoms. The fraction of sp³-hybridized carbons (Fsp3) is 0.364. The minimum atomic E-state index is -3.80. The van der Waals surface area contributed by atoms with Crippen LogP contribution in [0.1, 0.15) is 6.42 Å². The van der Waals surface area contributed by atoms with Gasteiger partial charge in [0.05, 0.1) is 24.6 Å². The molecule has 1 atom stereocenters. The van der Waals surface area contributed by atoms with E-state index in [4.69, 9.17) is 0 Å². The van der Waals surface area contributed by atoms with Crippen LogP contribution < -0.4 is 5.32 Å². The molecule has 9 nitrogen and oxygen atoms in total. The number of imidazole rings is 1. The van der Waals surface area contributed by atoms with Crippen LogP contribution in [0.2, 0.25) is 0 Å². The van der Waals surface area contributed by atoms with Gasteiger partial charge in [0.15, 0.2) is 5.03 Å². The second kappa shape index (κ2) is 3.64. The highest BCUT2D eigenvalue weighted by atomic mass is 32.2. The molecule has 3 aliphatic heterocycles. The van der Waals surface area contributed by atoms with E-state index in [1.54, 1.807) is 7.05 Å². The molecule has 2 saturated heterocycles. The van der Waals surface area contributed by atoms with Crippen LogP contribution in [0.25, 0.3) is 0 Å². The summed E-state index contributed by atoms with van der Waals surface area (Å²) >= 11 is 0. The minimum Gasteiger partial charge on any atom is -0.339 e. The summed E-state index contributed by atoms with van der Waals surface area (Å²) in [6.07, 6.45) is 3.18. The van der Waals surface area contributed by atoms with Gasteiger partial charge in [-0.25, -0.2) is 9.78 Å². The first kappa shape index (κ1) is 12.4. The third-order valence-corrected chi connectivity index (χ3v) is 5.57. The molecule has 2 fully saturated rings. The maximum Gasteiger partial charge on any atom is 0.329 e. The largest absolute Gasteiger partial charge is 0.339 e. The van der Waals surface area contributed by atoms with Gasteiger partial charge in [-0.05, 0) is 0 Å². The third kappa shape index (κ3) is 1.45. The average Bonchev–Trinajstić information content (AvgIpc) is 3.13. The quantitative estimate of drug-likeness (QED) is 0.703. The van der Waals surface area contributed by atoms with E-state index < -0.39 is 22.0 Å². The summed E-state index contributed by atoms with van der Waals surface area (Å²) in [6.45, 7) is 0.151. The SMILES string of the molecule is Cn1cnc(S(=O)(=O)N2CC3CC2=C2C(=O)NC(=O)N23)c1. The van der Waals surface area contributed by atoms with Gasteiger partial charge in [0, 0.05) is 19.7 Å². The number of fused-ring (bicyclic) bond motifs is 4. The highest BCUT2D eigenvalue weighted by Crippen LogP contribution is 2.42. The fourth-order valence-corrected chi connectivity index (χ4v) is 4.53. The van der Waals surface area contributed by atoms with E-state index >= 15 is 0 Å². The number of imide groups is 1. The second-order valence-electron chi connectivity index (χ2n) is 5.20. The van der Waals surface area contributed by atoms with Crippen molar-refractivity contribution in [3.05, 3.63) is 23.9 Å². The molecule has 10 heteroatoms. The first-order valence-corrected chi connectivity index (χ1v) is 7.72. The summed E-state index contributed by atoms with van der Waals surface area (Å²) < 4.78 is 27.9. The Morgan fingerprint density at radius 2 is 2.14 bits per heavy atom. The number of hydrogen-bond donors (Lipinski definition) is 1. The third-order valence-electron chi connectivity index (χ3n) is 3.88. The van der Waals surface area contributed by atoms with Gasteiger partial charge in [0.1, 0.15) is 5.70 Å². The van der Waals surface area contributed by atoms with Gasteiger partial charge in [-0.3, -0.25) is 19.3 Å². The summed E-state index contributed by atoms with van der Waals surface area (Å²) in [5, 5.41) is 2.12. The molecule has 1 aromatic rings. The van der Waals surface area contributed by atoms with Crippen LogP contribution in [0.4, 0.5) is 4.79 Å². The zero-order chi connectivity index (χ0) is 14.9. The molecule has 0 radical (unpaired) electrons. The Hall–Kier alpha value is -2.36. The number of carbonyl (C=O) groups is 2. The van der Waals surface area contributed by atoms with Crippen molar-refractivity contribution in [1.82, 2.24) is 24.1 Å². The summed E-state index contributed by atoms with van der Waals surface area (Å²) in [7, 11) is -2.13. The highest BCUT2D eigenvalue weighted by Gasteiger charge is 2.54. The predicted molar refractivity (Wildman–Crippen MR) is 67.9 cm³/mol. The number of aromatic nitrogens is 2. The number of hydrogen-bond acceptors (Lipinski definition) is 5. The number of carbonyl (C=O) groups excluding carboxylic acids is 2. The van der Waals surface area contributed by atoms with Crippen molar-refractivity contribution in [2.45, 2.75) is 17.5 Å². The molecule has 0 aliphatic carbocycles. The molecule has 4 rings (SSSR count). The first-order chi connectivity index (χ1) is 9.89. The van der Waals surface area contributed by atoms with Gasteiger partial charge in [-0.1, -0.05) is 0 Å². The summed E-state index contributed by atoms with van der Waals surface area (Å²) in [5.74, 6) is -0.543. The first-order valence-electron chi connectivity index (χ1n) is 6.28. The molecule has 1 unspecified atom stereocenters. The van der Waals surface area contributed by atoms with Gasteiger partial charge in [-0.15, -0.1) is 0 Å². The van der Waals surface area contributed by atoms with Crippen LogP contribution in [-0.4, -0.2) is 51.7 Å². The lowest BCUT2D eigenvalue weighted by Gasteiger charge is -2.27. The molecule has 3 aliphatic rings. The van der Waals surface area contributed by atoms with Crippen LogP contribution in [0.3, 0.4) is 0 Å². The van der Waals surface area contributed by atoms with Crippen LogP contribution in [0.15, 0.2) is 28.9 Å². The van der Waals surface area contributed by atoms with E-state index in [0.29, 0.717) is 12.1 Å². The van der Waals surface area contributed by atoms with Crippen LogP contribution in [0, 0.1) is 0 Å². The van der Waals surface area contributed by atoms with Gasteiger partial charge in [0.2, 0.25) is 0 Å². The summed E-state index contributed by atoms with van der Waals surface area (Å²) in [6, 6.07) is -0.801. The second-order valence-corrected chi connectivity index (χ2v) is 7.01. The van der Waals surface area contributed by atoms with Crippen LogP contribution in [-0.2, 0) is 21.9 Å². The zero-order valence-electron chi connectivity index (χ0n) is 11.0. The van der Waals surface area contributed by atoms with Crippen molar-refractivity contribution in [3.63, 3.8) is 0 Å². The van der Waals surface area contributed by atoms with E-state index in [9.17, 15) is 18.0 Å². The Morgan fingerprint density at radius 3 is 2.81 bits per heavy atom. The molecule has 1 N–H and O–H groups in total. The Morgan fingerprint density at radius 1 is 1.38 bits per heavy atom. The van der Waals surface area contributed by atoms with E-state index in [-0.39, 0.29) is 23.3 Å². The van der Waals surface area contributed by atoms with E-state index in [0.717, 1.165) is 0 Å². The molecule has 110 valence electrons. The lowest BCUT2D eigenvalue weighted by Crippen LogP contribution is -2.42. The molecule has 4 heterocycles. The van der Waals surface area contributed by atoms with Crippen molar-refractivity contribution in [1.29, 1.82) is 0 Å². The average molecular weight is 309 g/mol. The number of urea groups is 1. The maximum atomic E-state index is 12.6. The Bertz CT molecular complexity index is 823. The van der Waals surface area contributed by atoms with E-state index in [2.05, 4.69) is 10.3 Å². The Kier molecular flexibility index (Phi) is 2.15. The molecule has 0 saturated carbocycles. The van der Waals surface area contributed by atoms with Gasteiger partial charge >= 0.3 is 6.03 Å². The number of rotatable bonds is 2. The smallest absolute Gasteiger partial charge is 0.329 e. The molecule has 21 heavy (non-hydrogen) atoms. The summed E-state index contributed by atoms with van der Waals surface area (Å²) in [5.41, 5.74) is 0.518. The van der Waals surface area contributed by atoms with Crippen molar-refractivity contribution in [2.24, 2.45) is 7.05 Å². The molecular weight excluding hydrogens is 298 g/mol. The van der Waals surface area contributed by atoms with Crippen molar-refractivity contribution in [3.8, 4) is 0 Å². The topological polar surface area (TPSA) is 105 Å². The van der Waals surface area contributed by atoms with Gasteiger partial charge < -0.3 is 4.57 Å². The monoisotopic (exact) mass is 309 g/mol. The van der Waals surface area contributed by atoms with E-state index in [1.807, 2.05) is 0 Å². The molecule has 1 aromatic heterocycles. The lowest BCUT2D eigenvalue weighted by molar-refractivity contribution is -0.116. The Balaban J connectivity index is 1.81. The Labute approximate surface area is 119 Å². The van der Waals surface area contributed by atoms with Crippen molar-refractivity contribution >= 4 is 22.0 Å². The number of nitrogens with zero attached hydrogens (tertiary/aromatic N) is 4. The maximum absolute atomic E-state index is 12.6. The van der Waals surface area contributed by atoms with Crippen molar-refractivity contribution in [2.75, 3.05) is 6.54 Å².